The van der Waals surface area contributed by atoms with Crippen molar-refractivity contribution in [3.63, 3.8) is 0 Å². The van der Waals surface area contributed by atoms with Gasteiger partial charge in [-0.15, -0.1) is 0 Å². The number of non-ortho nitro benzene ring substituents is 1. The monoisotopic (exact) mass is 236 g/mol. The lowest BCUT2D eigenvalue weighted by molar-refractivity contribution is -0.384. The number of rotatable bonds is 3. The van der Waals surface area contributed by atoms with E-state index in [2.05, 4.69) is 13.8 Å². The number of nitrogens with two attached hydrogens (primary N) is 1. The Balaban J connectivity index is 2.40. The largest absolute Gasteiger partial charge is 0.508 e. The maximum absolute atomic E-state index is 10.7. The van der Waals surface area contributed by atoms with E-state index in [1.807, 2.05) is 0 Å². The summed E-state index contributed by atoms with van der Waals surface area (Å²) in [5.74, 6) is 0.493. The standard InChI is InChI=1S/C12H16N2O3/c1-12(2)9(6-13)11(12)8-5-7(14(16)17)3-4-10(8)15/h3-5,9,11,15H,6,13H2,1-2H3. The first-order valence-electron chi connectivity index (χ1n) is 5.57. The van der Waals surface area contributed by atoms with Crippen molar-refractivity contribution in [1.82, 2.24) is 0 Å². The van der Waals surface area contributed by atoms with Crippen LogP contribution in [0.1, 0.15) is 25.3 Å². The Hall–Kier alpha value is -1.62. The molecule has 1 aromatic carbocycles. The number of benzene rings is 1. The lowest BCUT2D eigenvalue weighted by atomic mass is 10.0. The second-order valence-corrected chi connectivity index (χ2v) is 5.14. The van der Waals surface area contributed by atoms with Crippen molar-refractivity contribution in [3.8, 4) is 5.75 Å². The molecule has 2 atom stereocenters. The molecule has 92 valence electrons. The molecule has 2 unspecified atom stereocenters. The molecule has 5 heteroatoms. The average Bonchev–Trinajstić information content (AvgIpc) is 2.80. The molecule has 0 aliphatic heterocycles. The van der Waals surface area contributed by atoms with Crippen LogP contribution in [0.15, 0.2) is 18.2 Å². The second-order valence-electron chi connectivity index (χ2n) is 5.14. The van der Waals surface area contributed by atoms with Crippen molar-refractivity contribution >= 4 is 5.69 Å². The van der Waals surface area contributed by atoms with E-state index >= 15 is 0 Å². The smallest absolute Gasteiger partial charge is 0.269 e. The summed E-state index contributed by atoms with van der Waals surface area (Å²) in [5, 5.41) is 20.5. The Bertz CT molecular complexity index is 471. The van der Waals surface area contributed by atoms with Gasteiger partial charge in [0.15, 0.2) is 0 Å². The number of nitro groups is 1. The Morgan fingerprint density at radius 1 is 1.53 bits per heavy atom. The third-order valence-corrected chi connectivity index (χ3v) is 3.86. The third-order valence-electron chi connectivity index (χ3n) is 3.86. The molecule has 0 spiro atoms. The average molecular weight is 236 g/mol. The molecular weight excluding hydrogens is 220 g/mol. The summed E-state index contributed by atoms with van der Waals surface area (Å²) in [4.78, 5) is 10.3. The minimum absolute atomic E-state index is 0.00144. The molecule has 0 saturated heterocycles. The summed E-state index contributed by atoms with van der Waals surface area (Å²) in [6.07, 6.45) is 0. The van der Waals surface area contributed by atoms with Gasteiger partial charge < -0.3 is 10.8 Å². The van der Waals surface area contributed by atoms with Crippen molar-refractivity contribution in [2.75, 3.05) is 6.54 Å². The summed E-state index contributed by atoms with van der Waals surface area (Å²) in [6, 6.07) is 4.15. The zero-order valence-electron chi connectivity index (χ0n) is 9.88. The highest BCUT2D eigenvalue weighted by Crippen LogP contribution is 2.65. The number of hydrogen-bond acceptors (Lipinski definition) is 4. The van der Waals surface area contributed by atoms with E-state index in [0.717, 1.165) is 0 Å². The van der Waals surface area contributed by atoms with E-state index in [0.29, 0.717) is 12.1 Å². The fourth-order valence-electron chi connectivity index (χ4n) is 2.71. The van der Waals surface area contributed by atoms with Crippen LogP contribution in [0.3, 0.4) is 0 Å². The summed E-state index contributed by atoms with van der Waals surface area (Å²) >= 11 is 0. The van der Waals surface area contributed by atoms with E-state index in [1.54, 1.807) is 0 Å². The van der Waals surface area contributed by atoms with Crippen molar-refractivity contribution in [2.45, 2.75) is 19.8 Å². The zero-order valence-corrected chi connectivity index (χ0v) is 9.88. The number of aromatic hydroxyl groups is 1. The molecule has 1 saturated carbocycles. The van der Waals surface area contributed by atoms with Crippen molar-refractivity contribution in [3.05, 3.63) is 33.9 Å². The lowest BCUT2D eigenvalue weighted by Crippen LogP contribution is -2.05. The third kappa shape index (κ3) is 1.76. The van der Waals surface area contributed by atoms with Crippen LogP contribution >= 0.6 is 0 Å². The van der Waals surface area contributed by atoms with Crippen LogP contribution in [0.4, 0.5) is 5.69 Å². The first-order chi connectivity index (χ1) is 7.89. The zero-order chi connectivity index (χ0) is 12.8. The Morgan fingerprint density at radius 3 is 2.65 bits per heavy atom. The number of nitrogens with zero attached hydrogens (tertiary/aromatic N) is 1. The molecule has 0 amide bonds. The summed E-state index contributed by atoms with van der Waals surface area (Å²) in [6.45, 7) is 4.65. The van der Waals surface area contributed by atoms with E-state index < -0.39 is 4.92 Å². The van der Waals surface area contributed by atoms with Crippen molar-refractivity contribution in [1.29, 1.82) is 0 Å². The molecule has 0 aromatic heterocycles. The van der Waals surface area contributed by atoms with E-state index in [4.69, 9.17) is 5.73 Å². The van der Waals surface area contributed by atoms with E-state index in [9.17, 15) is 15.2 Å². The molecule has 3 N–H and O–H groups in total. The molecule has 5 nitrogen and oxygen atoms in total. The van der Waals surface area contributed by atoms with Gasteiger partial charge in [-0.3, -0.25) is 10.1 Å². The first kappa shape index (κ1) is 11.9. The van der Waals surface area contributed by atoms with Gasteiger partial charge in [-0.25, -0.2) is 0 Å². The predicted octanol–water partition coefficient (Wildman–Crippen LogP) is 2.00. The van der Waals surface area contributed by atoms with Gasteiger partial charge in [0.05, 0.1) is 4.92 Å². The molecule has 17 heavy (non-hydrogen) atoms. The normalized spacial score (nSPS) is 25.6. The minimum Gasteiger partial charge on any atom is -0.508 e. The number of nitro benzene ring substituents is 1. The fourth-order valence-corrected chi connectivity index (χ4v) is 2.71. The van der Waals surface area contributed by atoms with Crippen LogP contribution in [0.25, 0.3) is 0 Å². The van der Waals surface area contributed by atoms with Crippen LogP contribution in [0.5, 0.6) is 5.75 Å². The highest BCUT2D eigenvalue weighted by molar-refractivity contribution is 5.48. The second kappa shape index (κ2) is 3.70. The number of phenols is 1. The molecule has 0 heterocycles. The molecular formula is C12H16N2O3. The lowest BCUT2D eigenvalue weighted by Gasteiger charge is -2.05. The highest BCUT2D eigenvalue weighted by Gasteiger charge is 2.58. The molecule has 1 aliphatic rings. The molecule has 0 bridgehead atoms. The molecule has 1 aliphatic carbocycles. The molecule has 1 fully saturated rings. The van der Waals surface area contributed by atoms with Gasteiger partial charge in [0.25, 0.3) is 5.69 Å². The van der Waals surface area contributed by atoms with Crippen LogP contribution in [-0.4, -0.2) is 16.6 Å². The molecule has 0 radical (unpaired) electrons. The van der Waals surface area contributed by atoms with Crippen LogP contribution in [-0.2, 0) is 0 Å². The maximum atomic E-state index is 10.7. The van der Waals surface area contributed by atoms with Gasteiger partial charge in [0, 0.05) is 17.7 Å². The van der Waals surface area contributed by atoms with E-state index in [-0.39, 0.29) is 28.7 Å². The summed E-state index contributed by atoms with van der Waals surface area (Å²) < 4.78 is 0. The van der Waals surface area contributed by atoms with Gasteiger partial charge in [-0.2, -0.15) is 0 Å². The number of phenolic OH excluding ortho intramolecular Hbond substituents is 1. The fraction of sp³-hybridized carbons (Fsp3) is 0.500. The van der Waals surface area contributed by atoms with Crippen molar-refractivity contribution < 1.29 is 10.0 Å². The van der Waals surface area contributed by atoms with Gasteiger partial charge in [0.1, 0.15) is 5.75 Å². The number of hydrogen-bond donors (Lipinski definition) is 2. The minimum atomic E-state index is -0.449. The quantitative estimate of drug-likeness (QED) is 0.620. The van der Waals surface area contributed by atoms with Crippen LogP contribution in [0.2, 0.25) is 0 Å². The predicted molar refractivity (Wildman–Crippen MR) is 63.8 cm³/mol. The van der Waals surface area contributed by atoms with Crippen molar-refractivity contribution in [2.24, 2.45) is 17.1 Å². The van der Waals surface area contributed by atoms with Gasteiger partial charge in [0.2, 0.25) is 0 Å². The van der Waals surface area contributed by atoms with Crippen LogP contribution in [0, 0.1) is 21.4 Å². The van der Waals surface area contributed by atoms with Crippen LogP contribution < -0.4 is 5.73 Å². The topological polar surface area (TPSA) is 89.4 Å². The summed E-state index contributed by atoms with van der Waals surface area (Å²) in [7, 11) is 0. The summed E-state index contributed by atoms with van der Waals surface area (Å²) in [5.41, 5.74) is 6.32. The molecule has 2 rings (SSSR count). The van der Waals surface area contributed by atoms with Gasteiger partial charge >= 0.3 is 0 Å². The Kier molecular flexibility index (Phi) is 2.58. The Morgan fingerprint density at radius 2 is 2.18 bits per heavy atom. The van der Waals surface area contributed by atoms with Gasteiger partial charge in [-0.1, -0.05) is 13.8 Å². The first-order valence-corrected chi connectivity index (χ1v) is 5.57. The SMILES string of the molecule is CC1(C)C(CN)C1c1cc([N+](=O)[O-])ccc1O. The Labute approximate surface area is 99.4 Å². The maximum Gasteiger partial charge on any atom is 0.269 e. The van der Waals surface area contributed by atoms with Gasteiger partial charge in [-0.05, 0) is 29.9 Å². The van der Waals surface area contributed by atoms with E-state index in [1.165, 1.54) is 18.2 Å². The highest BCUT2D eigenvalue weighted by atomic mass is 16.6. The molecule has 1 aromatic rings.